The van der Waals surface area contributed by atoms with Crippen LogP contribution in [0.5, 0.6) is 0 Å². The summed E-state index contributed by atoms with van der Waals surface area (Å²) >= 11 is 12.1. The van der Waals surface area contributed by atoms with Crippen molar-refractivity contribution in [1.29, 1.82) is 0 Å². The van der Waals surface area contributed by atoms with Gasteiger partial charge in [-0.1, -0.05) is 29.3 Å². The summed E-state index contributed by atoms with van der Waals surface area (Å²) in [6.07, 6.45) is 1.68. The highest BCUT2D eigenvalue weighted by atomic mass is 35.5. The maximum atomic E-state index is 6.21. The molecule has 0 bridgehead atoms. The monoisotopic (exact) mass is 269 g/mol. The normalized spacial score (nSPS) is 12.7. The minimum atomic E-state index is -0.0604. The van der Waals surface area contributed by atoms with Gasteiger partial charge < -0.3 is 9.73 Å². The van der Waals surface area contributed by atoms with Crippen LogP contribution in [0.4, 0.5) is 0 Å². The number of hydrogen-bond acceptors (Lipinski definition) is 2. The van der Waals surface area contributed by atoms with Gasteiger partial charge in [-0.2, -0.15) is 0 Å². The zero-order valence-corrected chi connectivity index (χ0v) is 11.1. The summed E-state index contributed by atoms with van der Waals surface area (Å²) < 4.78 is 5.50. The summed E-state index contributed by atoms with van der Waals surface area (Å²) in [5.74, 6) is 0.872. The second kappa shape index (κ2) is 5.13. The molecule has 2 aromatic rings. The van der Waals surface area contributed by atoms with Crippen LogP contribution in [0.15, 0.2) is 34.9 Å². The van der Waals surface area contributed by atoms with Crippen LogP contribution in [-0.2, 0) is 0 Å². The minimum Gasteiger partial charge on any atom is -0.467 e. The fourth-order valence-electron chi connectivity index (χ4n) is 1.84. The zero-order chi connectivity index (χ0) is 12.4. The number of furan rings is 1. The number of hydrogen-bond donors (Lipinski definition) is 1. The lowest BCUT2D eigenvalue weighted by Crippen LogP contribution is -2.18. The van der Waals surface area contributed by atoms with E-state index < -0.39 is 0 Å². The van der Waals surface area contributed by atoms with Gasteiger partial charge >= 0.3 is 0 Å². The van der Waals surface area contributed by atoms with E-state index in [1.807, 2.05) is 32.2 Å². The SMILES string of the molecule is CNC(c1ccc(Cl)cc1Cl)c1occc1C. The fourth-order valence-corrected chi connectivity index (χ4v) is 2.36. The Hall–Kier alpha value is -0.960. The first-order chi connectivity index (χ1) is 8.13. The first-order valence-electron chi connectivity index (χ1n) is 5.29. The van der Waals surface area contributed by atoms with Crippen LogP contribution in [0.3, 0.4) is 0 Å². The Bertz CT molecular complexity index is 522. The molecule has 1 aromatic heterocycles. The number of benzene rings is 1. The molecule has 0 amide bonds. The number of aryl methyl sites for hydroxylation is 1. The smallest absolute Gasteiger partial charge is 0.128 e. The standard InChI is InChI=1S/C13H13Cl2NO/c1-8-5-6-17-13(8)12(16-2)10-4-3-9(14)7-11(10)15/h3-7,12,16H,1-2H3. The Kier molecular flexibility index (Phi) is 3.77. The Labute approximate surface area is 111 Å². The molecule has 0 aliphatic heterocycles. The number of nitrogens with one attached hydrogen (secondary N) is 1. The van der Waals surface area contributed by atoms with Crippen molar-refractivity contribution in [3.63, 3.8) is 0 Å². The van der Waals surface area contributed by atoms with Crippen LogP contribution in [0.25, 0.3) is 0 Å². The Morgan fingerprint density at radius 1 is 1.24 bits per heavy atom. The van der Waals surface area contributed by atoms with Crippen LogP contribution in [-0.4, -0.2) is 7.05 Å². The van der Waals surface area contributed by atoms with Gasteiger partial charge in [0.1, 0.15) is 5.76 Å². The van der Waals surface area contributed by atoms with E-state index in [0.717, 1.165) is 16.9 Å². The van der Waals surface area contributed by atoms with E-state index in [1.54, 1.807) is 12.3 Å². The van der Waals surface area contributed by atoms with Crippen LogP contribution < -0.4 is 5.32 Å². The molecule has 0 aliphatic rings. The fraction of sp³-hybridized carbons (Fsp3) is 0.231. The van der Waals surface area contributed by atoms with Crippen molar-refractivity contribution in [3.8, 4) is 0 Å². The summed E-state index contributed by atoms with van der Waals surface area (Å²) in [7, 11) is 1.87. The molecule has 0 aliphatic carbocycles. The van der Waals surface area contributed by atoms with E-state index in [9.17, 15) is 0 Å². The second-order valence-corrected chi connectivity index (χ2v) is 4.70. The Morgan fingerprint density at radius 3 is 2.53 bits per heavy atom. The highest BCUT2D eigenvalue weighted by Gasteiger charge is 2.19. The van der Waals surface area contributed by atoms with Crippen LogP contribution >= 0.6 is 23.2 Å². The van der Waals surface area contributed by atoms with Gasteiger partial charge in [0.15, 0.2) is 0 Å². The van der Waals surface area contributed by atoms with Crippen molar-refractivity contribution in [2.45, 2.75) is 13.0 Å². The third kappa shape index (κ3) is 2.49. The van der Waals surface area contributed by atoms with Crippen LogP contribution in [0.2, 0.25) is 10.0 Å². The maximum absolute atomic E-state index is 6.21. The highest BCUT2D eigenvalue weighted by Crippen LogP contribution is 2.31. The van der Waals surface area contributed by atoms with Crippen LogP contribution in [0.1, 0.15) is 22.9 Å². The van der Waals surface area contributed by atoms with Gasteiger partial charge in [0, 0.05) is 10.0 Å². The first-order valence-corrected chi connectivity index (χ1v) is 6.05. The summed E-state index contributed by atoms with van der Waals surface area (Å²) in [5.41, 5.74) is 2.05. The minimum absolute atomic E-state index is 0.0604. The quantitative estimate of drug-likeness (QED) is 0.904. The molecule has 1 heterocycles. The molecule has 1 atom stereocenters. The lowest BCUT2D eigenvalue weighted by Gasteiger charge is -2.16. The molecule has 2 rings (SSSR count). The van der Waals surface area contributed by atoms with Gasteiger partial charge in [-0.15, -0.1) is 0 Å². The molecule has 1 N–H and O–H groups in total. The molecule has 2 nitrogen and oxygen atoms in total. The summed E-state index contributed by atoms with van der Waals surface area (Å²) in [5, 5.41) is 4.46. The summed E-state index contributed by atoms with van der Waals surface area (Å²) in [6.45, 7) is 2.01. The lowest BCUT2D eigenvalue weighted by atomic mass is 10.0. The van der Waals surface area contributed by atoms with Crippen molar-refractivity contribution in [1.82, 2.24) is 5.32 Å². The average Bonchev–Trinajstić information content (AvgIpc) is 2.69. The predicted molar refractivity (Wildman–Crippen MR) is 70.8 cm³/mol. The predicted octanol–water partition coefficient (Wildman–Crippen LogP) is 4.20. The molecule has 0 spiro atoms. The van der Waals surface area contributed by atoms with Gasteiger partial charge in [-0.05, 0) is 43.3 Å². The summed E-state index contributed by atoms with van der Waals surface area (Å²) in [6, 6.07) is 7.35. The van der Waals surface area contributed by atoms with Crippen molar-refractivity contribution < 1.29 is 4.42 Å². The molecular formula is C13H13Cl2NO. The Balaban J connectivity index is 2.46. The van der Waals surface area contributed by atoms with Gasteiger partial charge in [-0.25, -0.2) is 0 Å². The van der Waals surface area contributed by atoms with Crippen molar-refractivity contribution in [3.05, 3.63) is 57.5 Å². The van der Waals surface area contributed by atoms with E-state index in [1.165, 1.54) is 0 Å². The number of rotatable bonds is 3. The Morgan fingerprint density at radius 2 is 2.00 bits per heavy atom. The van der Waals surface area contributed by atoms with E-state index in [4.69, 9.17) is 27.6 Å². The topological polar surface area (TPSA) is 25.2 Å². The molecule has 1 aromatic carbocycles. The van der Waals surface area contributed by atoms with Crippen molar-refractivity contribution in [2.24, 2.45) is 0 Å². The van der Waals surface area contributed by atoms with E-state index >= 15 is 0 Å². The molecule has 0 radical (unpaired) electrons. The van der Waals surface area contributed by atoms with Gasteiger partial charge in [0.25, 0.3) is 0 Å². The molecule has 0 fully saturated rings. The molecule has 0 saturated carbocycles. The first kappa shape index (κ1) is 12.5. The highest BCUT2D eigenvalue weighted by molar-refractivity contribution is 6.35. The van der Waals surface area contributed by atoms with Gasteiger partial charge in [0.05, 0.1) is 12.3 Å². The van der Waals surface area contributed by atoms with Gasteiger partial charge in [0.2, 0.25) is 0 Å². The summed E-state index contributed by atoms with van der Waals surface area (Å²) in [4.78, 5) is 0. The maximum Gasteiger partial charge on any atom is 0.128 e. The molecular weight excluding hydrogens is 257 g/mol. The molecule has 4 heteroatoms. The van der Waals surface area contributed by atoms with E-state index in [0.29, 0.717) is 10.0 Å². The van der Waals surface area contributed by atoms with Crippen molar-refractivity contribution >= 4 is 23.2 Å². The molecule has 1 unspecified atom stereocenters. The molecule has 0 saturated heterocycles. The molecule has 17 heavy (non-hydrogen) atoms. The average molecular weight is 270 g/mol. The number of halogens is 2. The largest absolute Gasteiger partial charge is 0.467 e. The zero-order valence-electron chi connectivity index (χ0n) is 9.63. The van der Waals surface area contributed by atoms with E-state index in [2.05, 4.69) is 5.32 Å². The lowest BCUT2D eigenvalue weighted by molar-refractivity contribution is 0.460. The second-order valence-electron chi connectivity index (χ2n) is 3.86. The van der Waals surface area contributed by atoms with E-state index in [-0.39, 0.29) is 6.04 Å². The third-order valence-corrected chi connectivity index (χ3v) is 3.29. The molecule has 90 valence electrons. The van der Waals surface area contributed by atoms with Gasteiger partial charge in [-0.3, -0.25) is 0 Å². The van der Waals surface area contributed by atoms with Crippen LogP contribution in [0, 0.1) is 6.92 Å². The third-order valence-electron chi connectivity index (χ3n) is 2.73. The van der Waals surface area contributed by atoms with Crippen molar-refractivity contribution in [2.75, 3.05) is 7.05 Å².